The number of aryl methyl sites for hydroxylation is 1. The number of carbonyl (C=O) groups is 1. The summed E-state index contributed by atoms with van der Waals surface area (Å²) < 4.78 is 137. The van der Waals surface area contributed by atoms with Gasteiger partial charge < -0.3 is 4.90 Å². The summed E-state index contributed by atoms with van der Waals surface area (Å²) in [6.45, 7) is -0.0603. The molecule has 17 heteroatoms. The predicted octanol–water partition coefficient (Wildman–Crippen LogP) is 5.82. The van der Waals surface area contributed by atoms with Gasteiger partial charge in [0.15, 0.2) is 15.7 Å². The lowest BCUT2D eigenvalue weighted by Gasteiger charge is -2.44. The van der Waals surface area contributed by atoms with E-state index in [1.54, 1.807) is 0 Å². The van der Waals surface area contributed by atoms with E-state index >= 15 is 4.39 Å². The highest BCUT2D eigenvalue weighted by atomic mass is 32.2. The monoisotopic (exact) mass is 677 g/mol. The molecule has 2 aromatic carbocycles. The Morgan fingerprint density at radius 1 is 0.913 bits per heavy atom. The van der Waals surface area contributed by atoms with Crippen LogP contribution in [0.15, 0.2) is 47.4 Å². The van der Waals surface area contributed by atoms with Crippen LogP contribution in [0.25, 0.3) is 0 Å². The summed E-state index contributed by atoms with van der Waals surface area (Å²) in [7, 11) is -4.56. The van der Waals surface area contributed by atoms with Gasteiger partial charge in [-0.25, -0.2) is 22.3 Å². The number of tetrazole rings is 1. The minimum Gasteiger partial charge on any atom is -0.337 e. The van der Waals surface area contributed by atoms with Crippen molar-refractivity contribution < 1.29 is 48.3 Å². The van der Waals surface area contributed by atoms with Crippen LogP contribution in [0, 0.1) is 11.7 Å². The molecule has 2 fully saturated rings. The molecule has 3 aromatic rings. The number of rotatable bonds is 5. The average molecular weight is 678 g/mol. The van der Waals surface area contributed by atoms with Crippen molar-refractivity contribution in [3.05, 3.63) is 70.8 Å². The zero-order chi connectivity index (χ0) is 33.3. The second-order valence-corrected chi connectivity index (χ2v) is 14.3. The minimum absolute atomic E-state index is 0.00217. The predicted molar refractivity (Wildman–Crippen MR) is 144 cm³/mol. The van der Waals surface area contributed by atoms with Crippen LogP contribution in [0.5, 0.6) is 0 Å². The van der Waals surface area contributed by atoms with Crippen molar-refractivity contribution in [1.82, 2.24) is 25.5 Å². The number of hydrogen-bond acceptors (Lipinski definition) is 6. The number of nitrogens with one attached hydrogen (secondary N) is 1. The number of alkyl halides is 7. The SMILES string of the molecule is O=C([C@H]1CC[C@H](c2nnn[nH]2)CC1)N1CC[C@@]2(S(=O)(=O)c3ccc(F)cc3)c3ccc(C(F)(C(F)(F)F)C(F)(F)F)cc3CC[C@@H]12. The molecule has 1 saturated carbocycles. The van der Waals surface area contributed by atoms with Gasteiger partial charge in [0.1, 0.15) is 10.6 Å². The van der Waals surface area contributed by atoms with Crippen LogP contribution in [0.3, 0.4) is 0 Å². The van der Waals surface area contributed by atoms with Crippen LogP contribution in [-0.2, 0) is 31.5 Å². The molecule has 248 valence electrons. The number of hydrogen-bond donors (Lipinski definition) is 1. The van der Waals surface area contributed by atoms with E-state index in [1.165, 1.54) is 4.90 Å². The first-order valence-electron chi connectivity index (χ1n) is 14.5. The molecular weight excluding hydrogens is 650 g/mol. The molecule has 1 amide bonds. The molecule has 3 aliphatic rings. The minimum atomic E-state index is -6.35. The van der Waals surface area contributed by atoms with E-state index in [1.807, 2.05) is 0 Å². The molecule has 1 aromatic heterocycles. The van der Waals surface area contributed by atoms with E-state index < -0.39 is 55.9 Å². The Bertz CT molecular complexity index is 1710. The third-order valence-electron chi connectivity index (χ3n) is 9.78. The summed E-state index contributed by atoms with van der Waals surface area (Å²) in [4.78, 5) is 15.1. The summed E-state index contributed by atoms with van der Waals surface area (Å²) in [6.07, 6.45) is -11.2. The van der Waals surface area contributed by atoms with E-state index in [0.717, 1.165) is 30.3 Å². The van der Waals surface area contributed by atoms with Crippen molar-refractivity contribution in [3.63, 3.8) is 0 Å². The van der Waals surface area contributed by atoms with Crippen molar-refractivity contribution in [1.29, 1.82) is 0 Å². The zero-order valence-corrected chi connectivity index (χ0v) is 24.7. The first-order chi connectivity index (χ1) is 21.5. The fourth-order valence-corrected chi connectivity index (χ4v) is 9.87. The van der Waals surface area contributed by atoms with E-state index in [4.69, 9.17) is 0 Å². The Morgan fingerprint density at radius 2 is 1.57 bits per heavy atom. The quantitative estimate of drug-likeness (QED) is 0.270. The standard InChI is InChI=1S/C29H27F8N5O3S/c30-20-7-9-21(10-8-20)46(44,45)26-13-14-42(25(43)17-3-1-16(2-4-17)24-38-40-41-39-24)23(26)12-5-18-15-19(6-11-22(18)26)27(31,28(32,33)34)29(35,36)37/h6-11,15-17,23H,1-5,12-14H2,(H,38,39,40,41)/t16-,17-,23-,26-/m1/s1. The molecular formula is C29H27F8N5O3S. The molecule has 1 saturated heterocycles. The molecule has 8 nitrogen and oxygen atoms in total. The van der Waals surface area contributed by atoms with Gasteiger partial charge >= 0.3 is 18.0 Å². The van der Waals surface area contributed by atoms with Crippen LogP contribution < -0.4 is 0 Å². The smallest absolute Gasteiger partial charge is 0.337 e. The lowest BCUT2D eigenvalue weighted by Crippen LogP contribution is -2.53. The first kappa shape index (κ1) is 32.3. The maximum Gasteiger partial charge on any atom is 0.435 e. The number of fused-ring (bicyclic) bond motifs is 3. The van der Waals surface area contributed by atoms with Crippen LogP contribution in [-0.4, -0.2) is 64.8 Å². The Labute approximate surface area is 257 Å². The van der Waals surface area contributed by atoms with Gasteiger partial charge in [-0.1, -0.05) is 18.2 Å². The van der Waals surface area contributed by atoms with Gasteiger partial charge in [0.05, 0.1) is 10.9 Å². The highest BCUT2D eigenvalue weighted by Gasteiger charge is 2.74. The van der Waals surface area contributed by atoms with Gasteiger partial charge in [-0.15, -0.1) is 5.10 Å². The largest absolute Gasteiger partial charge is 0.435 e. The molecule has 2 atom stereocenters. The van der Waals surface area contributed by atoms with Gasteiger partial charge in [-0.3, -0.25) is 4.79 Å². The van der Waals surface area contributed by atoms with Crippen LogP contribution in [0.4, 0.5) is 35.1 Å². The molecule has 0 unspecified atom stereocenters. The number of likely N-dealkylation sites (tertiary alicyclic amines) is 1. The lowest BCUT2D eigenvalue weighted by molar-refractivity contribution is -0.348. The maximum absolute atomic E-state index is 15.0. The summed E-state index contributed by atoms with van der Waals surface area (Å²) in [5, 5.41) is 13.8. The molecule has 0 bridgehead atoms. The van der Waals surface area contributed by atoms with E-state index in [0.29, 0.717) is 43.6 Å². The number of aromatic amines is 1. The summed E-state index contributed by atoms with van der Waals surface area (Å²) >= 11 is 0. The van der Waals surface area contributed by atoms with Gasteiger partial charge in [0.2, 0.25) is 5.91 Å². The molecule has 2 heterocycles. The van der Waals surface area contributed by atoms with Gasteiger partial charge in [-0.05, 0) is 90.8 Å². The second kappa shape index (κ2) is 11.0. The van der Waals surface area contributed by atoms with E-state index in [9.17, 15) is 43.9 Å². The molecule has 0 radical (unpaired) electrons. The topological polar surface area (TPSA) is 109 Å². The number of aromatic nitrogens is 4. The molecule has 2 aliphatic carbocycles. The van der Waals surface area contributed by atoms with Crippen molar-refractivity contribution >= 4 is 15.7 Å². The van der Waals surface area contributed by atoms with Crippen molar-refractivity contribution in [2.75, 3.05) is 6.54 Å². The normalized spacial score (nSPS) is 25.7. The van der Waals surface area contributed by atoms with E-state index in [2.05, 4.69) is 20.6 Å². The van der Waals surface area contributed by atoms with Crippen molar-refractivity contribution in [2.24, 2.45) is 5.92 Å². The highest BCUT2D eigenvalue weighted by Crippen LogP contribution is 2.57. The Kier molecular flexibility index (Phi) is 7.71. The van der Waals surface area contributed by atoms with Gasteiger partial charge in [-0.2, -0.15) is 26.3 Å². The fraction of sp³-hybridized carbons (Fsp3) is 0.517. The third kappa shape index (κ3) is 4.78. The number of H-pyrrole nitrogens is 1. The Morgan fingerprint density at radius 3 is 2.15 bits per heavy atom. The summed E-state index contributed by atoms with van der Waals surface area (Å²) in [5.41, 5.74) is -7.73. The van der Waals surface area contributed by atoms with E-state index in [-0.39, 0.29) is 53.7 Å². The fourth-order valence-electron chi connectivity index (χ4n) is 7.51. The third-order valence-corrected chi connectivity index (χ3v) is 12.3. The molecule has 0 spiro atoms. The molecule has 1 N–H and O–H groups in total. The lowest BCUT2D eigenvalue weighted by atomic mass is 9.76. The van der Waals surface area contributed by atoms with Crippen LogP contribution >= 0.6 is 0 Å². The van der Waals surface area contributed by atoms with Crippen molar-refractivity contribution in [3.8, 4) is 0 Å². The maximum atomic E-state index is 15.0. The number of carbonyl (C=O) groups excluding carboxylic acids is 1. The number of nitrogens with zero attached hydrogens (tertiary/aromatic N) is 4. The van der Waals surface area contributed by atoms with Crippen LogP contribution in [0.2, 0.25) is 0 Å². The zero-order valence-electron chi connectivity index (χ0n) is 23.9. The molecule has 46 heavy (non-hydrogen) atoms. The average Bonchev–Trinajstić information content (AvgIpc) is 3.69. The Balaban J connectivity index is 1.41. The van der Waals surface area contributed by atoms with Crippen LogP contribution in [0.1, 0.15) is 67.0 Å². The summed E-state index contributed by atoms with van der Waals surface area (Å²) in [5.74, 6) is -0.922. The number of sulfone groups is 1. The number of benzene rings is 2. The molecule has 1 aliphatic heterocycles. The number of halogens is 8. The highest BCUT2D eigenvalue weighted by molar-refractivity contribution is 7.92. The summed E-state index contributed by atoms with van der Waals surface area (Å²) in [6, 6.07) is 4.36. The van der Waals surface area contributed by atoms with Crippen molar-refractivity contribution in [2.45, 2.75) is 84.6 Å². The van der Waals surface area contributed by atoms with Gasteiger partial charge in [0.25, 0.3) is 0 Å². The molecule has 6 rings (SSSR count). The van der Waals surface area contributed by atoms with Gasteiger partial charge in [0, 0.05) is 23.9 Å². The number of amides is 1. The first-order valence-corrected chi connectivity index (χ1v) is 16.0. The Hall–Kier alpha value is -3.63. The second-order valence-electron chi connectivity index (χ2n) is 12.0.